The van der Waals surface area contributed by atoms with Gasteiger partial charge in [0.15, 0.2) is 0 Å². The van der Waals surface area contributed by atoms with Crippen LogP contribution in [-0.2, 0) is 17.9 Å². The number of anilines is 1. The number of nitrogens with zero attached hydrogens (tertiary/aromatic N) is 5. The number of hydrogen-bond acceptors (Lipinski definition) is 7. The van der Waals surface area contributed by atoms with Crippen molar-refractivity contribution in [3.8, 4) is 0 Å². The van der Waals surface area contributed by atoms with Crippen LogP contribution in [0, 0.1) is 12.8 Å². The molecule has 0 saturated carbocycles. The lowest BCUT2D eigenvalue weighted by Crippen LogP contribution is -2.45. The van der Waals surface area contributed by atoms with Crippen LogP contribution in [0.2, 0.25) is 0 Å². The molecule has 36 heavy (non-hydrogen) atoms. The molecule has 0 N–H and O–H groups in total. The van der Waals surface area contributed by atoms with Crippen molar-refractivity contribution in [2.24, 2.45) is 5.92 Å². The Morgan fingerprint density at radius 2 is 1.89 bits per heavy atom. The van der Waals surface area contributed by atoms with Gasteiger partial charge in [-0.25, -0.2) is 4.63 Å². The van der Waals surface area contributed by atoms with Gasteiger partial charge in [0.1, 0.15) is 11.4 Å². The van der Waals surface area contributed by atoms with E-state index >= 15 is 0 Å². The number of imide groups is 1. The van der Waals surface area contributed by atoms with Crippen molar-refractivity contribution in [1.29, 1.82) is 0 Å². The van der Waals surface area contributed by atoms with Gasteiger partial charge in [0.2, 0.25) is 5.91 Å². The number of carbonyl (C=O) groups excluding carboxylic acids is 3. The van der Waals surface area contributed by atoms with Crippen molar-refractivity contribution >= 4 is 23.4 Å². The molecule has 186 valence electrons. The second-order valence-electron chi connectivity index (χ2n) is 9.32. The normalized spacial score (nSPS) is 17.4. The molecule has 0 spiro atoms. The van der Waals surface area contributed by atoms with Crippen LogP contribution >= 0.6 is 0 Å². The molecule has 1 fully saturated rings. The molecule has 1 aromatic heterocycles. The van der Waals surface area contributed by atoms with E-state index in [1.807, 2.05) is 48.2 Å². The molecule has 3 amide bonds. The lowest BCUT2D eigenvalue weighted by Gasteiger charge is -2.36. The van der Waals surface area contributed by atoms with Crippen LogP contribution < -0.4 is 4.90 Å². The van der Waals surface area contributed by atoms with Crippen molar-refractivity contribution in [3.05, 3.63) is 76.6 Å². The third-order valence-electron chi connectivity index (χ3n) is 7.05. The van der Waals surface area contributed by atoms with Gasteiger partial charge in [-0.05, 0) is 44.4 Å². The third-order valence-corrected chi connectivity index (χ3v) is 7.05. The predicted octanol–water partition coefficient (Wildman–Crippen LogP) is 3.44. The summed E-state index contributed by atoms with van der Waals surface area (Å²) in [6.07, 6.45) is 1.63. The van der Waals surface area contributed by atoms with E-state index in [9.17, 15) is 14.4 Å². The number of fused-ring (bicyclic) bond motifs is 1. The highest BCUT2D eigenvalue weighted by Gasteiger charge is 2.40. The van der Waals surface area contributed by atoms with Gasteiger partial charge in [-0.15, -0.1) is 0 Å². The highest BCUT2D eigenvalue weighted by molar-refractivity contribution is 6.23. The first-order chi connectivity index (χ1) is 17.5. The summed E-state index contributed by atoms with van der Waals surface area (Å²) in [6, 6.07) is 15.3. The monoisotopic (exact) mass is 487 g/mol. The number of benzene rings is 2. The van der Waals surface area contributed by atoms with Crippen LogP contribution in [0.5, 0.6) is 0 Å². The Kier molecular flexibility index (Phi) is 6.54. The number of hydrogen-bond donors (Lipinski definition) is 0. The van der Waals surface area contributed by atoms with Crippen molar-refractivity contribution in [2.45, 2.75) is 39.8 Å². The SMILES string of the molecule is CCN(Cc1ccccc1)C(=O)[C@H]1CCCN(c2cccc3c2C(=O)N(Cc2nonc2C)C3=O)C1. The van der Waals surface area contributed by atoms with Crippen LogP contribution in [0.15, 0.2) is 53.2 Å². The average molecular weight is 488 g/mol. The molecule has 9 heteroatoms. The second-order valence-corrected chi connectivity index (χ2v) is 9.32. The Bertz CT molecular complexity index is 1290. The summed E-state index contributed by atoms with van der Waals surface area (Å²) in [5.74, 6) is -0.772. The molecular formula is C27H29N5O4. The molecule has 2 aromatic carbocycles. The maximum Gasteiger partial charge on any atom is 0.264 e. The molecule has 0 aliphatic carbocycles. The molecule has 3 aromatic rings. The minimum atomic E-state index is -0.360. The Balaban J connectivity index is 1.35. The predicted molar refractivity (Wildman–Crippen MR) is 132 cm³/mol. The lowest BCUT2D eigenvalue weighted by molar-refractivity contribution is -0.136. The molecule has 2 aliphatic heterocycles. The van der Waals surface area contributed by atoms with E-state index in [1.54, 1.807) is 19.1 Å². The van der Waals surface area contributed by atoms with E-state index in [0.29, 0.717) is 47.8 Å². The summed E-state index contributed by atoms with van der Waals surface area (Å²) in [6.45, 7) is 6.16. The van der Waals surface area contributed by atoms with Gasteiger partial charge in [0.05, 0.1) is 29.3 Å². The van der Waals surface area contributed by atoms with Gasteiger partial charge in [0.25, 0.3) is 11.8 Å². The average Bonchev–Trinajstić information content (AvgIpc) is 3.43. The minimum absolute atomic E-state index is 0.00712. The van der Waals surface area contributed by atoms with Gasteiger partial charge in [-0.2, -0.15) is 0 Å². The first-order valence-electron chi connectivity index (χ1n) is 12.3. The molecule has 9 nitrogen and oxygen atoms in total. The van der Waals surface area contributed by atoms with Gasteiger partial charge < -0.3 is 9.80 Å². The minimum Gasteiger partial charge on any atom is -0.370 e. The second kappa shape index (κ2) is 9.93. The summed E-state index contributed by atoms with van der Waals surface area (Å²) in [5.41, 5.74) is 3.56. The standard InChI is InChI=1S/C27H29N5O4/c1-3-30(15-19-9-5-4-6-10-19)25(33)20-11-8-14-31(16-20)23-13-7-12-21-24(23)27(35)32(26(21)34)17-22-18(2)28-36-29-22/h4-7,9-10,12-13,20H,3,8,11,14-17H2,1-2H3/t20-/m0/s1. The number of piperidine rings is 1. The summed E-state index contributed by atoms with van der Waals surface area (Å²) < 4.78 is 4.73. The van der Waals surface area contributed by atoms with E-state index in [0.717, 1.165) is 24.9 Å². The summed E-state index contributed by atoms with van der Waals surface area (Å²) in [7, 11) is 0. The van der Waals surface area contributed by atoms with Crippen molar-refractivity contribution in [1.82, 2.24) is 20.1 Å². The molecule has 1 atom stereocenters. The molecule has 5 rings (SSSR count). The summed E-state index contributed by atoms with van der Waals surface area (Å²) in [5, 5.41) is 7.56. The molecule has 3 heterocycles. The fraction of sp³-hybridized carbons (Fsp3) is 0.370. The number of rotatable bonds is 7. The van der Waals surface area contributed by atoms with Gasteiger partial charge in [-0.1, -0.05) is 46.7 Å². The molecule has 0 bridgehead atoms. The van der Waals surface area contributed by atoms with Gasteiger partial charge in [0, 0.05) is 26.2 Å². The molecule has 0 unspecified atom stereocenters. The number of amides is 3. The number of aryl methyl sites for hydroxylation is 1. The molecule has 1 saturated heterocycles. The molecular weight excluding hydrogens is 458 g/mol. The van der Waals surface area contributed by atoms with Gasteiger partial charge in [-0.3, -0.25) is 19.3 Å². The Morgan fingerprint density at radius 3 is 2.61 bits per heavy atom. The van der Waals surface area contributed by atoms with Gasteiger partial charge >= 0.3 is 0 Å². The maximum atomic E-state index is 13.5. The van der Waals surface area contributed by atoms with Crippen LogP contribution in [0.3, 0.4) is 0 Å². The first-order valence-corrected chi connectivity index (χ1v) is 12.3. The van der Waals surface area contributed by atoms with Crippen LogP contribution in [0.25, 0.3) is 0 Å². The largest absolute Gasteiger partial charge is 0.370 e. The summed E-state index contributed by atoms with van der Waals surface area (Å²) >= 11 is 0. The molecule has 0 radical (unpaired) electrons. The van der Waals surface area contributed by atoms with E-state index < -0.39 is 0 Å². The van der Waals surface area contributed by atoms with Crippen molar-refractivity contribution in [2.75, 3.05) is 24.5 Å². The highest BCUT2D eigenvalue weighted by Crippen LogP contribution is 2.35. The van der Waals surface area contributed by atoms with Crippen LogP contribution in [0.4, 0.5) is 5.69 Å². The van der Waals surface area contributed by atoms with E-state index in [1.165, 1.54) is 4.90 Å². The Morgan fingerprint density at radius 1 is 1.08 bits per heavy atom. The topological polar surface area (TPSA) is 99.9 Å². The van der Waals surface area contributed by atoms with E-state index in [2.05, 4.69) is 15.2 Å². The quantitative estimate of drug-likeness (QED) is 0.471. The lowest BCUT2D eigenvalue weighted by atomic mass is 9.94. The van der Waals surface area contributed by atoms with E-state index in [4.69, 9.17) is 4.63 Å². The fourth-order valence-electron chi connectivity index (χ4n) is 5.07. The summed E-state index contributed by atoms with van der Waals surface area (Å²) in [4.78, 5) is 45.1. The number of carbonyl (C=O) groups is 3. The fourth-order valence-corrected chi connectivity index (χ4v) is 5.07. The Hall–Kier alpha value is -4.01. The smallest absolute Gasteiger partial charge is 0.264 e. The Labute approximate surface area is 209 Å². The zero-order valence-corrected chi connectivity index (χ0v) is 20.5. The van der Waals surface area contributed by atoms with E-state index in [-0.39, 0.29) is 30.2 Å². The zero-order chi connectivity index (χ0) is 25.2. The first kappa shape index (κ1) is 23.7. The zero-order valence-electron chi connectivity index (χ0n) is 20.5. The highest BCUT2D eigenvalue weighted by atomic mass is 16.6. The number of aromatic nitrogens is 2. The molecule has 2 aliphatic rings. The van der Waals surface area contributed by atoms with Crippen molar-refractivity contribution < 1.29 is 19.0 Å². The van der Waals surface area contributed by atoms with Crippen LogP contribution in [-0.4, -0.2) is 57.5 Å². The maximum absolute atomic E-state index is 13.5. The van der Waals surface area contributed by atoms with Crippen LogP contribution in [0.1, 0.15) is 57.4 Å². The van der Waals surface area contributed by atoms with Crippen molar-refractivity contribution in [3.63, 3.8) is 0 Å². The third kappa shape index (κ3) is 4.36.